The van der Waals surface area contributed by atoms with Crippen LogP contribution in [0.25, 0.3) is 0 Å². The third-order valence-electron chi connectivity index (χ3n) is 1.69. The van der Waals surface area contributed by atoms with E-state index in [0.717, 1.165) is 6.42 Å². The standard InChI is InChI=1S/C10H13N/c1-9(8-11)7-10-5-3-2-4-6-10/h2-6,8-9,11H,7H2,1H3/t9-/m1/s1. The van der Waals surface area contributed by atoms with Crippen LogP contribution in [0.5, 0.6) is 0 Å². The molecule has 1 N–H and O–H groups in total. The van der Waals surface area contributed by atoms with E-state index in [1.54, 1.807) is 0 Å². The molecule has 0 fully saturated rings. The lowest BCUT2D eigenvalue weighted by Crippen LogP contribution is -1.99. The van der Waals surface area contributed by atoms with E-state index >= 15 is 0 Å². The maximum atomic E-state index is 7.03. The summed E-state index contributed by atoms with van der Waals surface area (Å²) in [4.78, 5) is 0. The van der Waals surface area contributed by atoms with Crippen molar-refractivity contribution in [2.45, 2.75) is 13.3 Å². The van der Waals surface area contributed by atoms with Gasteiger partial charge in [-0.2, -0.15) is 0 Å². The van der Waals surface area contributed by atoms with Crippen molar-refractivity contribution in [3.8, 4) is 0 Å². The van der Waals surface area contributed by atoms with Gasteiger partial charge in [0.05, 0.1) is 0 Å². The maximum Gasteiger partial charge on any atom is -0.00162 e. The average Bonchev–Trinajstić information content (AvgIpc) is 2.06. The van der Waals surface area contributed by atoms with Gasteiger partial charge < -0.3 is 5.41 Å². The summed E-state index contributed by atoms with van der Waals surface area (Å²) in [5, 5.41) is 7.03. The van der Waals surface area contributed by atoms with Crippen LogP contribution in [0.1, 0.15) is 12.5 Å². The first-order valence-electron chi connectivity index (χ1n) is 3.87. The van der Waals surface area contributed by atoms with Gasteiger partial charge in [0, 0.05) is 0 Å². The zero-order valence-corrected chi connectivity index (χ0v) is 6.75. The lowest BCUT2D eigenvalue weighted by molar-refractivity contribution is 0.779. The molecule has 11 heavy (non-hydrogen) atoms. The molecule has 1 rings (SSSR count). The van der Waals surface area contributed by atoms with Crippen molar-refractivity contribution in [3.05, 3.63) is 35.9 Å². The Morgan fingerprint density at radius 2 is 2.00 bits per heavy atom. The van der Waals surface area contributed by atoms with E-state index in [-0.39, 0.29) is 0 Å². The van der Waals surface area contributed by atoms with Crippen LogP contribution in [0.4, 0.5) is 0 Å². The molecule has 1 aromatic rings. The quantitative estimate of drug-likeness (QED) is 0.635. The minimum absolute atomic E-state index is 0.359. The number of rotatable bonds is 3. The Morgan fingerprint density at radius 1 is 1.36 bits per heavy atom. The van der Waals surface area contributed by atoms with Crippen molar-refractivity contribution in [2.24, 2.45) is 5.92 Å². The van der Waals surface area contributed by atoms with Gasteiger partial charge >= 0.3 is 0 Å². The lowest BCUT2D eigenvalue weighted by Gasteiger charge is -2.03. The minimum Gasteiger partial charge on any atom is -0.313 e. The first-order valence-corrected chi connectivity index (χ1v) is 3.87. The van der Waals surface area contributed by atoms with E-state index < -0.39 is 0 Å². The van der Waals surface area contributed by atoms with E-state index in [9.17, 15) is 0 Å². The van der Waals surface area contributed by atoms with Crippen molar-refractivity contribution in [1.82, 2.24) is 0 Å². The van der Waals surface area contributed by atoms with Gasteiger partial charge in [-0.05, 0) is 24.1 Å². The molecule has 0 saturated carbocycles. The van der Waals surface area contributed by atoms with Crippen LogP contribution in [-0.2, 0) is 6.42 Å². The summed E-state index contributed by atoms with van der Waals surface area (Å²) in [6, 6.07) is 10.3. The van der Waals surface area contributed by atoms with E-state index in [4.69, 9.17) is 5.41 Å². The largest absolute Gasteiger partial charge is 0.313 e. The third kappa shape index (κ3) is 2.54. The molecule has 0 aromatic heterocycles. The van der Waals surface area contributed by atoms with Gasteiger partial charge in [-0.25, -0.2) is 0 Å². The second-order valence-corrected chi connectivity index (χ2v) is 2.83. The summed E-state index contributed by atoms with van der Waals surface area (Å²) < 4.78 is 0. The molecule has 0 heterocycles. The normalized spacial score (nSPS) is 12.5. The Hall–Kier alpha value is -1.11. The Balaban J connectivity index is 2.57. The van der Waals surface area contributed by atoms with Gasteiger partial charge in [-0.1, -0.05) is 37.3 Å². The molecule has 0 saturated heterocycles. The molecule has 0 amide bonds. The van der Waals surface area contributed by atoms with Gasteiger partial charge in [0.15, 0.2) is 0 Å². The molecule has 1 heteroatoms. The van der Waals surface area contributed by atoms with E-state index in [0.29, 0.717) is 5.92 Å². The fourth-order valence-electron chi connectivity index (χ4n) is 1.04. The first-order chi connectivity index (χ1) is 5.33. The molecule has 58 valence electrons. The van der Waals surface area contributed by atoms with Crippen LogP contribution in [0, 0.1) is 11.3 Å². The number of nitrogens with one attached hydrogen (secondary N) is 1. The van der Waals surface area contributed by atoms with Crippen molar-refractivity contribution in [3.63, 3.8) is 0 Å². The molecule has 0 unspecified atom stereocenters. The zero-order valence-electron chi connectivity index (χ0n) is 6.75. The van der Waals surface area contributed by atoms with Crippen molar-refractivity contribution < 1.29 is 0 Å². The Bertz CT molecular complexity index is 216. The summed E-state index contributed by atoms with van der Waals surface area (Å²) in [7, 11) is 0. The maximum absolute atomic E-state index is 7.03. The van der Waals surface area contributed by atoms with Crippen molar-refractivity contribution in [2.75, 3.05) is 0 Å². The van der Waals surface area contributed by atoms with Crippen LogP contribution in [-0.4, -0.2) is 6.21 Å². The highest BCUT2D eigenvalue weighted by atomic mass is 14.3. The summed E-state index contributed by atoms with van der Waals surface area (Å²) in [5.74, 6) is 0.359. The molecule has 1 atom stereocenters. The van der Waals surface area contributed by atoms with Gasteiger partial charge in [-0.3, -0.25) is 0 Å². The first kappa shape index (κ1) is 7.99. The van der Waals surface area contributed by atoms with Crippen LogP contribution in [0.3, 0.4) is 0 Å². The topological polar surface area (TPSA) is 23.9 Å². The molecule has 1 aromatic carbocycles. The fourth-order valence-corrected chi connectivity index (χ4v) is 1.04. The third-order valence-corrected chi connectivity index (χ3v) is 1.69. The second kappa shape index (κ2) is 3.91. The van der Waals surface area contributed by atoms with E-state index in [1.165, 1.54) is 11.8 Å². The monoisotopic (exact) mass is 147 g/mol. The summed E-state index contributed by atoms with van der Waals surface area (Å²) in [6.45, 7) is 2.06. The second-order valence-electron chi connectivity index (χ2n) is 2.83. The van der Waals surface area contributed by atoms with Crippen LogP contribution >= 0.6 is 0 Å². The SMILES string of the molecule is C[C@@H](C=N)Cc1ccccc1. The molecule has 0 aliphatic rings. The number of hydrogen-bond donors (Lipinski definition) is 1. The Morgan fingerprint density at radius 3 is 2.55 bits per heavy atom. The molecule has 0 radical (unpaired) electrons. The highest BCUT2D eigenvalue weighted by Crippen LogP contribution is 2.05. The highest BCUT2D eigenvalue weighted by Gasteiger charge is 1.97. The minimum atomic E-state index is 0.359. The van der Waals surface area contributed by atoms with Crippen LogP contribution in [0.15, 0.2) is 30.3 Å². The molecule has 0 spiro atoms. The van der Waals surface area contributed by atoms with Gasteiger partial charge in [0.1, 0.15) is 0 Å². The van der Waals surface area contributed by atoms with Crippen molar-refractivity contribution >= 4 is 6.21 Å². The highest BCUT2D eigenvalue weighted by molar-refractivity contribution is 5.56. The summed E-state index contributed by atoms with van der Waals surface area (Å²) >= 11 is 0. The Kier molecular flexibility index (Phi) is 2.84. The summed E-state index contributed by atoms with van der Waals surface area (Å²) in [6.07, 6.45) is 2.47. The van der Waals surface area contributed by atoms with Gasteiger partial charge in [0.25, 0.3) is 0 Å². The predicted molar refractivity (Wildman–Crippen MR) is 48.1 cm³/mol. The van der Waals surface area contributed by atoms with Crippen LogP contribution in [0.2, 0.25) is 0 Å². The smallest absolute Gasteiger partial charge is 0.00162 e. The van der Waals surface area contributed by atoms with Crippen LogP contribution < -0.4 is 0 Å². The predicted octanol–water partition coefficient (Wildman–Crippen LogP) is 2.51. The van der Waals surface area contributed by atoms with E-state index in [2.05, 4.69) is 19.1 Å². The molecular formula is C10H13N. The Labute approximate surface area is 67.6 Å². The van der Waals surface area contributed by atoms with E-state index in [1.807, 2.05) is 18.2 Å². The van der Waals surface area contributed by atoms with Crippen molar-refractivity contribution in [1.29, 1.82) is 5.41 Å². The zero-order chi connectivity index (χ0) is 8.10. The number of benzene rings is 1. The molecule has 0 bridgehead atoms. The molecule has 0 aliphatic carbocycles. The lowest BCUT2D eigenvalue weighted by atomic mass is 10.0. The molecule has 0 aliphatic heterocycles. The van der Waals surface area contributed by atoms with Gasteiger partial charge in [0.2, 0.25) is 0 Å². The number of hydrogen-bond acceptors (Lipinski definition) is 1. The average molecular weight is 147 g/mol. The molecule has 1 nitrogen and oxygen atoms in total. The summed E-state index contributed by atoms with van der Waals surface area (Å²) in [5.41, 5.74) is 1.31. The molecular weight excluding hydrogens is 134 g/mol. The fraction of sp³-hybridized carbons (Fsp3) is 0.300. The van der Waals surface area contributed by atoms with Gasteiger partial charge in [-0.15, -0.1) is 0 Å².